The molecule has 0 aliphatic carbocycles. The Morgan fingerprint density at radius 3 is 2.65 bits per heavy atom. The van der Waals surface area contributed by atoms with Crippen molar-refractivity contribution in [2.24, 2.45) is 5.73 Å². The number of hydrogen-bond donors (Lipinski definition) is 2. The molecular formula is C12H21N3OS. The number of amides is 1. The Labute approximate surface area is 107 Å². The fraction of sp³-hybridized carbons (Fsp3) is 0.667. The highest BCUT2D eigenvalue weighted by atomic mass is 32.1. The Hall–Kier alpha value is -0.940. The lowest BCUT2D eigenvalue weighted by atomic mass is 9.98. The predicted molar refractivity (Wildman–Crippen MR) is 71.0 cm³/mol. The van der Waals surface area contributed by atoms with Gasteiger partial charge in [-0.2, -0.15) is 0 Å². The summed E-state index contributed by atoms with van der Waals surface area (Å²) in [6, 6.07) is -0.470. The van der Waals surface area contributed by atoms with Crippen LogP contribution in [0.25, 0.3) is 0 Å². The first-order valence-electron chi connectivity index (χ1n) is 5.85. The number of nitrogens with two attached hydrogens (primary N) is 1. The van der Waals surface area contributed by atoms with Gasteiger partial charge in [-0.3, -0.25) is 4.79 Å². The highest BCUT2D eigenvalue weighted by molar-refractivity contribution is 7.09. The normalized spacial score (nSPS) is 13.6. The van der Waals surface area contributed by atoms with E-state index < -0.39 is 6.04 Å². The number of rotatable bonds is 5. The molecule has 0 saturated carbocycles. The summed E-state index contributed by atoms with van der Waals surface area (Å²) < 4.78 is 0. The molecule has 1 aromatic rings. The van der Waals surface area contributed by atoms with Crippen molar-refractivity contribution in [3.05, 3.63) is 16.1 Å². The molecule has 0 spiro atoms. The number of nitrogens with zero attached hydrogens (tertiary/aromatic N) is 1. The lowest BCUT2D eigenvalue weighted by Gasteiger charge is -2.15. The zero-order valence-electron chi connectivity index (χ0n) is 10.9. The summed E-state index contributed by atoms with van der Waals surface area (Å²) in [5.41, 5.74) is 6.14. The largest absolute Gasteiger partial charge is 0.368 e. The van der Waals surface area contributed by atoms with E-state index in [-0.39, 0.29) is 11.3 Å². The predicted octanol–water partition coefficient (Wildman–Crippen LogP) is 1.97. The van der Waals surface area contributed by atoms with Gasteiger partial charge in [0.15, 0.2) is 0 Å². The quantitative estimate of drug-likeness (QED) is 0.845. The van der Waals surface area contributed by atoms with Crippen molar-refractivity contribution >= 4 is 17.2 Å². The van der Waals surface area contributed by atoms with E-state index in [1.807, 2.05) is 12.3 Å². The third-order valence-electron chi connectivity index (χ3n) is 2.34. The topological polar surface area (TPSA) is 68.0 Å². The molecule has 0 aliphatic heterocycles. The molecule has 96 valence electrons. The molecule has 0 saturated heterocycles. The van der Waals surface area contributed by atoms with Gasteiger partial charge in [-0.1, -0.05) is 27.7 Å². The van der Waals surface area contributed by atoms with E-state index in [4.69, 9.17) is 5.73 Å². The van der Waals surface area contributed by atoms with Crippen LogP contribution in [0.3, 0.4) is 0 Å². The molecule has 1 aromatic heterocycles. The van der Waals surface area contributed by atoms with Crippen molar-refractivity contribution in [1.82, 2.24) is 10.3 Å². The average molecular weight is 255 g/mol. The lowest BCUT2D eigenvalue weighted by Crippen LogP contribution is -2.34. The molecule has 0 bridgehead atoms. The standard InChI is InChI=1S/C12H21N3OS/c1-5-6-14-9(10(13)16)8-7-17-11(15-8)12(2,3)4/h7,9,14H,5-6H2,1-4H3,(H2,13,16). The van der Waals surface area contributed by atoms with Gasteiger partial charge in [0.2, 0.25) is 5.91 Å². The Kier molecular flexibility index (Phi) is 4.65. The Bertz CT molecular complexity index is 381. The maximum atomic E-state index is 11.4. The van der Waals surface area contributed by atoms with Gasteiger partial charge < -0.3 is 11.1 Å². The van der Waals surface area contributed by atoms with Crippen molar-refractivity contribution in [3.8, 4) is 0 Å². The molecule has 3 N–H and O–H groups in total. The minimum absolute atomic E-state index is 0.00979. The number of carbonyl (C=O) groups is 1. The molecule has 1 rings (SSSR count). The van der Waals surface area contributed by atoms with Crippen LogP contribution in [-0.4, -0.2) is 17.4 Å². The van der Waals surface area contributed by atoms with E-state index in [0.717, 1.165) is 23.7 Å². The second kappa shape index (κ2) is 5.60. The fourth-order valence-corrected chi connectivity index (χ4v) is 2.34. The first-order valence-corrected chi connectivity index (χ1v) is 6.72. The molecule has 1 atom stereocenters. The van der Waals surface area contributed by atoms with Gasteiger partial charge in [0.25, 0.3) is 0 Å². The monoisotopic (exact) mass is 255 g/mol. The molecule has 0 aliphatic rings. The molecule has 0 radical (unpaired) electrons. The minimum atomic E-state index is -0.470. The highest BCUT2D eigenvalue weighted by Crippen LogP contribution is 2.27. The highest BCUT2D eigenvalue weighted by Gasteiger charge is 2.23. The summed E-state index contributed by atoms with van der Waals surface area (Å²) in [5.74, 6) is -0.371. The van der Waals surface area contributed by atoms with Crippen molar-refractivity contribution < 1.29 is 4.79 Å². The summed E-state index contributed by atoms with van der Waals surface area (Å²) in [6.45, 7) is 9.12. The number of aromatic nitrogens is 1. The first-order chi connectivity index (χ1) is 7.86. The number of primary amides is 1. The van der Waals surface area contributed by atoms with E-state index in [9.17, 15) is 4.79 Å². The van der Waals surface area contributed by atoms with Crippen LogP contribution in [0.4, 0.5) is 0 Å². The SMILES string of the molecule is CCCNC(C(N)=O)c1csc(C(C)(C)C)n1. The Balaban J connectivity index is 2.88. The maximum Gasteiger partial charge on any atom is 0.240 e. The van der Waals surface area contributed by atoms with Gasteiger partial charge >= 0.3 is 0 Å². The van der Waals surface area contributed by atoms with Gasteiger partial charge in [0.1, 0.15) is 6.04 Å². The van der Waals surface area contributed by atoms with E-state index in [0.29, 0.717) is 0 Å². The average Bonchev–Trinajstić information content (AvgIpc) is 2.66. The molecule has 1 amide bonds. The third-order valence-corrected chi connectivity index (χ3v) is 3.63. The lowest BCUT2D eigenvalue weighted by molar-refractivity contribution is -0.120. The molecule has 0 fully saturated rings. The zero-order chi connectivity index (χ0) is 13.1. The van der Waals surface area contributed by atoms with E-state index >= 15 is 0 Å². The van der Waals surface area contributed by atoms with Crippen molar-refractivity contribution in [3.63, 3.8) is 0 Å². The zero-order valence-corrected chi connectivity index (χ0v) is 11.7. The van der Waals surface area contributed by atoms with Crippen LogP contribution in [-0.2, 0) is 10.2 Å². The molecule has 4 nitrogen and oxygen atoms in total. The van der Waals surface area contributed by atoms with Crippen LogP contribution in [0.5, 0.6) is 0 Å². The fourth-order valence-electron chi connectivity index (χ4n) is 1.40. The van der Waals surface area contributed by atoms with E-state index in [1.165, 1.54) is 0 Å². The molecule has 17 heavy (non-hydrogen) atoms. The van der Waals surface area contributed by atoms with Crippen molar-refractivity contribution in [2.45, 2.75) is 45.6 Å². The molecule has 5 heteroatoms. The molecule has 0 aromatic carbocycles. The summed E-state index contributed by atoms with van der Waals surface area (Å²) in [6.07, 6.45) is 0.958. The van der Waals surface area contributed by atoms with Crippen molar-refractivity contribution in [1.29, 1.82) is 0 Å². The Morgan fingerprint density at radius 1 is 1.59 bits per heavy atom. The Morgan fingerprint density at radius 2 is 2.24 bits per heavy atom. The molecule has 1 unspecified atom stereocenters. The first kappa shape index (κ1) is 14.1. The number of hydrogen-bond acceptors (Lipinski definition) is 4. The van der Waals surface area contributed by atoms with Crippen LogP contribution >= 0.6 is 11.3 Å². The van der Waals surface area contributed by atoms with Crippen molar-refractivity contribution in [2.75, 3.05) is 6.54 Å². The maximum absolute atomic E-state index is 11.4. The smallest absolute Gasteiger partial charge is 0.240 e. The number of carbonyl (C=O) groups excluding carboxylic acids is 1. The minimum Gasteiger partial charge on any atom is -0.368 e. The van der Waals surface area contributed by atoms with Crippen LogP contribution < -0.4 is 11.1 Å². The number of thiazole rings is 1. The van der Waals surface area contributed by atoms with Gasteiger partial charge in [0.05, 0.1) is 10.7 Å². The van der Waals surface area contributed by atoms with Gasteiger partial charge in [-0.25, -0.2) is 4.98 Å². The third kappa shape index (κ3) is 3.78. The summed E-state index contributed by atoms with van der Waals surface area (Å²) in [5, 5.41) is 6.06. The van der Waals surface area contributed by atoms with E-state index in [2.05, 4.69) is 31.1 Å². The number of nitrogens with one attached hydrogen (secondary N) is 1. The van der Waals surface area contributed by atoms with Crippen LogP contribution in [0, 0.1) is 0 Å². The van der Waals surface area contributed by atoms with Crippen LogP contribution in [0.2, 0.25) is 0 Å². The van der Waals surface area contributed by atoms with Crippen LogP contribution in [0.1, 0.15) is 50.9 Å². The second-order valence-electron chi connectivity index (χ2n) is 5.12. The van der Waals surface area contributed by atoms with Gasteiger partial charge in [-0.15, -0.1) is 11.3 Å². The summed E-state index contributed by atoms with van der Waals surface area (Å²) >= 11 is 1.58. The van der Waals surface area contributed by atoms with Gasteiger partial charge in [0, 0.05) is 10.8 Å². The second-order valence-corrected chi connectivity index (χ2v) is 5.98. The summed E-state index contributed by atoms with van der Waals surface area (Å²) in [7, 11) is 0. The van der Waals surface area contributed by atoms with E-state index in [1.54, 1.807) is 11.3 Å². The van der Waals surface area contributed by atoms with Crippen LogP contribution in [0.15, 0.2) is 5.38 Å². The van der Waals surface area contributed by atoms with Gasteiger partial charge in [-0.05, 0) is 13.0 Å². The molecular weight excluding hydrogens is 234 g/mol. The summed E-state index contributed by atoms with van der Waals surface area (Å²) in [4.78, 5) is 15.9. The molecule has 1 heterocycles.